The topological polar surface area (TPSA) is 65.9 Å². The van der Waals surface area contributed by atoms with Gasteiger partial charge in [-0.25, -0.2) is 4.98 Å². The van der Waals surface area contributed by atoms with Crippen molar-refractivity contribution in [3.63, 3.8) is 0 Å². The van der Waals surface area contributed by atoms with Crippen LogP contribution in [-0.4, -0.2) is 18.1 Å². The molecule has 0 atom stereocenters. The lowest BCUT2D eigenvalue weighted by Gasteiger charge is -2.28. The molecule has 0 spiro atoms. The first kappa shape index (κ1) is 12.9. The number of hydrogen-bond acceptors (Lipinski definition) is 4. The molecule has 1 aromatic carbocycles. The van der Waals surface area contributed by atoms with E-state index in [1.54, 1.807) is 0 Å². The lowest BCUT2D eigenvalue weighted by atomic mass is 10.1. The second-order valence-electron chi connectivity index (χ2n) is 5.25. The van der Waals surface area contributed by atoms with Crippen molar-refractivity contribution in [3.8, 4) is 6.07 Å². The summed E-state index contributed by atoms with van der Waals surface area (Å²) in [7, 11) is 0. The molecule has 1 fully saturated rings. The zero-order chi connectivity index (χ0) is 13.9. The monoisotopic (exact) mass is 266 g/mol. The molecule has 0 unspecified atom stereocenters. The molecule has 0 bridgehead atoms. The Kier molecular flexibility index (Phi) is 3.53. The van der Waals surface area contributed by atoms with Crippen LogP contribution in [0.15, 0.2) is 24.3 Å². The number of fused-ring (bicyclic) bond motifs is 1. The number of hydrogen-bond donors (Lipinski definition) is 1. The van der Waals surface area contributed by atoms with Gasteiger partial charge in [0, 0.05) is 25.0 Å². The fraction of sp³-hybridized carbons (Fsp3) is 0.375. The number of nitriles is 1. The summed E-state index contributed by atoms with van der Waals surface area (Å²) in [5, 5.41) is 10.4. The smallest absolute Gasteiger partial charge is 0.147 e. The van der Waals surface area contributed by atoms with Gasteiger partial charge in [0.05, 0.1) is 11.1 Å². The van der Waals surface area contributed by atoms with Gasteiger partial charge in [-0.1, -0.05) is 6.07 Å². The number of rotatable bonds is 2. The predicted octanol–water partition coefficient (Wildman–Crippen LogP) is 2.56. The minimum absolute atomic E-state index is 0.506. The Labute approximate surface area is 118 Å². The number of aromatic nitrogens is 1. The highest BCUT2D eigenvalue weighted by molar-refractivity contribution is 5.83. The summed E-state index contributed by atoms with van der Waals surface area (Å²) in [5.74, 6) is 0.834. The maximum absolute atomic E-state index is 9.39. The molecule has 2 aromatic rings. The van der Waals surface area contributed by atoms with E-state index in [0.717, 1.165) is 35.4 Å². The third-order valence-corrected chi connectivity index (χ3v) is 3.87. The van der Waals surface area contributed by atoms with Gasteiger partial charge in [0.2, 0.25) is 0 Å². The summed E-state index contributed by atoms with van der Waals surface area (Å²) in [6.07, 6.45) is 3.62. The molecule has 3 rings (SSSR count). The summed E-state index contributed by atoms with van der Waals surface area (Å²) < 4.78 is 0. The van der Waals surface area contributed by atoms with Crippen LogP contribution in [0.4, 0.5) is 5.82 Å². The number of nitrogens with two attached hydrogens (primary N) is 1. The molecular formula is C16H18N4. The van der Waals surface area contributed by atoms with Crippen LogP contribution < -0.4 is 10.6 Å². The molecule has 0 amide bonds. The molecule has 1 aliphatic heterocycles. The first-order chi connectivity index (χ1) is 9.81. The Morgan fingerprint density at radius 3 is 2.70 bits per heavy atom. The van der Waals surface area contributed by atoms with E-state index in [2.05, 4.69) is 11.0 Å². The summed E-state index contributed by atoms with van der Waals surface area (Å²) in [6.45, 7) is 2.49. The third kappa shape index (κ3) is 2.33. The van der Waals surface area contributed by atoms with E-state index in [1.165, 1.54) is 19.3 Å². The Hall–Kier alpha value is -2.12. The highest BCUT2D eigenvalue weighted by atomic mass is 15.2. The van der Waals surface area contributed by atoms with Gasteiger partial charge in [-0.05, 0) is 43.0 Å². The molecule has 1 saturated heterocycles. The number of pyridine rings is 1. The summed E-state index contributed by atoms with van der Waals surface area (Å²) >= 11 is 0. The van der Waals surface area contributed by atoms with E-state index >= 15 is 0 Å². The van der Waals surface area contributed by atoms with E-state index in [-0.39, 0.29) is 0 Å². The zero-order valence-electron chi connectivity index (χ0n) is 11.5. The maximum atomic E-state index is 9.39. The Bertz CT molecular complexity index is 666. The van der Waals surface area contributed by atoms with Crippen LogP contribution in [0.3, 0.4) is 0 Å². The second kappa shape index (κ2) is 5.48. The van der Waals surface area contributed by atoms with E-state index in [0.29, 0.717) is 12.1 Å². The van der Waals surface area contributed by atoms with E-state index in [9.17, 15) is 5.26 Å². The average Bonchev–Trinajstić information content (AvgIpc) is 2.53. The Morgan fingerprint density at radius 1 is 1.20 bits per heavy atom. The van der Waals surface area contributed by atoms with Gasteiger partial charge < -0.3 is 10.6 Å². The summed E-state index contributed by atoms with van der Waals surface area (Å²) in [5.41, 5.74) is 8.32. The maximum Gasteiger partial charge on any atom is 0.147 e. The van der Waals surface area contributed by atoms with Gasteiger partial charge in [-0.2, -0.15) is 5.26 Å². The van der Waals surface area contributed by atoms with Crippen molar-refractivity contribution in [1.29, 1.82) is 5.26 Å². The highest BCUT2D eigenvalue weighted by Crippen LogP contribution is 2.26. The van der Waals surface area contributed by atoms with Gasteiger partial charge >= 0.3 is 0 Å². The van der Waals surface area contributed by atoms with Crippen molar-refractivity contribution in [3.05, 3.63) is 35.4 Å². The minimum Gasteiger partial charge on any atom is -0.356 e. The standard InChI is InChI=1S/C16H18N4/c17-10-12-4-5-15-13(8-12)9-14(11-18)16(19-15)20-6-2-1-3-7-20/h4-5,8-9H,1-3,6-7,10,17H2. The molecule has 20 heavy (non-hydrogen) atoms. The van der Waals surface area contributed by atoms with Crippen molar-refractivity contribution in [1.82, 2.24) is 4.98 Å². The number of benzene rings is 1. The van der Waals surface area contributed by atoms with Gasteiger partial charge in [0.25, 0.3) is 0 Å². The zero-order valence-corrected chi connectivity index (χ0v) is 11.5. The Balaban J connectivity index is 2.09. The molecule has 1 aliphatic rings. The summed E-state index contributed by atoms with van der Waals surface area (Å²) in [6, 6.07) is 10.2. The average molecular weight is 266 g/mol. The van der Waals surface area contributed by atoms with Crippen LogP contribution in [-0.2, 0) is 6.54 Å². The first-order valence-corrected chi connectivity index (χ1v) is 7.10. The minimum atomic E-state index is 0.506. The van der Waals surface area contributed by atoms with Crippen LogP contribution in [0, 0.1) is 11.3 Å². The van der Waals surface area contributed by atoms with E-state index < -0.39 is 0 Å². The predicted molar refractivity (Wildman–Crippen MR) is 80.4 cm³/mol. The molecule has 102 valence electrons. The number of piperidine rings is 1. The van der Waals surface area contributed by atoms with Crippen LogP contribution in [0.5, 0.6) is 0 Å². The van der Waals surface area contributed by atoms with Crippen LogP contribution in [0.25, 0.3) is 10.9 Å². The van der Waals surface area contributed by atoms with Crippen molar-refractivity contribution >= 4 is 16.7 Å². The number of anilines is 1. The van der Waals surface area contributed by atoms with Crippen LogP contribution in [0.1, 0.15) is 30.4 Å². The highest BCUT2D eigenvalue weighted by Gasteiger charge is 2.16. The fourth-order valence-corrected chi connectivity index (χ4v) is 2.77. The normalized spacial score (nSPS) is 15.3. The van der Waals surface area contributed by atoms with Gasteiger partial charge in [-0.15, -0.1) is 0 Å². The van der Waals surface area contributed by atoms with Crippen molar-refractivity contribution in [2.24, 2.45) is 5.73 Å². The van der Waals surface area contributed by atoms with Crippen molar-refractivity contribution in [2.75, 3.05) is 18.0 Å². The molecule has 4 nitrogen and oxygen atoms in total. The van der Waals surface area contributed by atoms with Crippen molar-refractivity contribution < 1.29 is 0 Å². The quantitative estimate of drug-likeness (QED) is 0.907. The molecular weight excluding hydrogens is 248 g/mol. The van der Waals surface area contributed by atoms with Gasteiger partial charge in [-0.3, -0.25) is 0 Å². The van der Waals surface area contributed by atoms with E-state index in [1.807, 2.05) is 24.3 Å². The molecule has 1 aromatic heterocycles. The fourth-order valence-electron chi connectivity index (χ4n) is 2.77. The lowest BCUT2D eigenvalue weighted by molar-refractivity contribution is 0.573. The third-order valence-electron chi connectivity index (χ3n) is 3.87. The number of nitrogens with zero attached hydrogens (tertiary/aromatic N) is 3. The van der Waals surface area contributed by atoms with E-state index in [4.69, 9.17) is 10.7 Å². The lowest BCUT2D eigenvalue weighted by Crippen LogP contribution is -2.30. The largest absolute Gasteiger partial charge is 0.356 e. The van der Waals surface area contributed by atoms with Crippen molar-refractivity contribution in [2.45, 2.75) is 25.8 Å². The summed E-state index contributed by atoms with van der Waals surface area (Å²) in [4.78, 5) is 6.94. The second-order valence-corrected chi connectivity index (χ2v) is 5.25. The molecule has 0 radical (unpaired) electrons. The first-order valence-electron chi connectivity index (χ1n) is 7.10. The van der Waals surface area contributed by atoms with Crippen LogP contribution >= 0.6 is 0 Å². The molecule has 4 heteroatoms. The molecule has 0 saturated carbocycles. The van der Waals surface area contributed by atoms with Gasteiger partial charge in [0.15, 0.2) is 0 Å². The SMILES string of the molecule is N#Cc1cc2cc(CN)ccc2nc1N1CCCCC1. The Morgan fingerprint density at radius 2 is 2.00 bits per heavy atom. The molecule has 0 aliphatic carbocycles. The molecule has 2 heterocycles. The molecule has 2 N–H and O–H groups in total. The van der Waals surface area contributed by atoms with Crippen LogP contribution in [0.2, 0.25) is 0 Å². The van der Waals surface area contributed by atoms with Gasteiger partial charge in [0.1, 0.15) is 11.9 Å².